The van der Waals surface area contributed by atoms with Gasteiger partial charge in [0, 0.05) is 35.1 Å². The first-order valence-electron chi connectivity index (χ1n) is 11.6. The van der Waals surface area contributed by atoms with Crippen LogP contribution in [0.1, 0.15) is 46.9 Å². The van der Waals surface area contributed by atoms with Gasteiger partial charge in [-0.25, -0.2) is 0 Å². The third kappa shape index (κ3) is 5.57. The number of amides is 1. The number of hydrogen-bond acceptors (Lipinski definition) is 5. The molecule has 1 saturated heterocycles. The third-order valence-corrected chi connectivity index (χ3v) is 6.36. The molecule has 1 aromatic carbocycles. The van der Waals surface area contributed by atoms with Crippen molar-refractivity contribution in [3.63, 3.8) is 0 Å². The van der Waals surface area contributed by atoms with E-state index in [4.69, 9.17) is 4.74 Å². The summed E-state index contributed by atoms with van der Waals surface area (Å²) in [6, 6.07) is 11.9. The van der Waals surface area contributed by atoms with Crippen molar-refractivity contribution in [3.8, 4) is 22.8 Å². The summed E-state index contributed by atoms with van der Waals surface area (Å²) >= 11 is 0. The van der Waals surface area contributed by atoms with Crippen LogP contribution in [0.15, 0.2) is 48.8 Å². The fourth-order valence-corrected chi connectivity index (χ4v) is 4.12. The number of piperidine rings is 1. The largest absolute Gasteiger partial charge is 0.456 e. The van der Waals surface area contributed by atoms with E-state index in [2.05, 4.69) is 40.2 Å². The van der Waals surface area contributed by atoms with Gasteiger partial charge < -0.3 is 15.0 Å². The minimum atomic E-state index is 0.0141. The zero-order valence-electron chi connectivity index (χ0n) is 19.9. The monoisotopic (exact) mass is 444 g/mol. The van der Waals surface area contributed by atoms with E-state index >= 15 is 0 Å². The zero-order chi connectivity index (χ0) is 23.4. The van der Waals surface area contributed by atoms with Crippen molar-refractivity contribution in [1.82, 2.24) is 20.2 Å². The van der Waals surface area contributed by atoms with E-state index in [0.29, 0.717) is 11.5 Å². The molecular weight excluding hydrogens is 412 g/mol. The van der Waals surface area contributed by atoms with Crippen LogP contribution in [-0.4, -0.2) is 47.0 Å². The molecule has 3 aromatic rings. The summed E-state index contributed by atoms with van der Waals surface area (Å²) in [5, 5.41) is 3.23. The normalized spacial score (nSPS) is 14.8. The Morgan fingerprint density at radius 1 is 1.09 bits per heavy atom. The third-order valence-electron chi connectivity index (χ3n) is 6.36. The molecule has 0 atom stereocenters. The van der Waals surface area contributed by atoms with E-state index in [9.17, 15) is 4.79 Å². The van der Waals surface area contributed by atoms with Crippen molar-refractivity contribution < 1.29 is 9.53 Å². The van der Waals surface area contributed by atoms with Crippen LogP contribution in [0.25, 0.3) is 11.3 Å². The highest BCUT2D eigenvalue weighted by Crippen LogP contribution is 2.28. The zero-order valence-corrected chi connectivity index (χ0v) is 19.9. The maximum absolute atomic E-state index is 13.0. The highest BCUT2D eigenvalue weighted by molar-refractivity contribution is 5.96. The summed E-state index contributed by atoms with van der Waals surface area (Å²) in [7, 11) is 2.12. The SMILES string of the molecule is CCc1cc(-c2cc(Oc3cnc(C)c(C)c3)ccn2)ccc1C(=O)NC1CCN(C)CC1. The van der Waals surface area contributed by atoms with E-state index in [-0.39, 0.29) is 11.9 Å². The topological polar surface area (TPSA) is 67.3 Å². The van der Waals surface area contributed by atoms with Crippen molar-refractivity contribution >= 4 is 5.91 Å². The maximum Gasteiger partial charge on any atom is 0.251 e. The van der Waals surface area contributed by atoms with Gasteiger partial charge in [-0.05, 0) is 88.6 Å². The molecule has 3 heterocycles. The van der Waals surface area contributed by atoms with E-state index in [1.165, 1.54) is 0 Å². The molecule has 0 radical (unpaired) electrons. The number of likely N-dealkylation sites (tertiary alicyclic amines) is 1. The first kappa shape index (κ1) is 22.9. The van der Waals surface area contributed by atoms with Crippen LogP contribution >= 0.6 is 0 Å². The number of ether oxygens (including phenoxy) is 1. The Hall–Kier alpha value is -3.25. The Kier molecular flexibility index (Phi) is 7.04. The second-order valence-electron chi connectivity index (χ2n) is 8.83. The van der Waals surface area contributed by atoms with Crippen LogP contribution in [-0.2, 0) is 6.42 Å². The predicted molar refractivity (Wildman–Crippen MR) is 131 cm³/mol. The van der Waals surface area contributed by atoms with Crippen LogP contribution in [0.3, 0.4) is 0 Å². The van der Waals surface area contributed by atoms with Gasteiger partial charge in [-0.1, -0.05) is 13.0 Å². The van der Waals surface area contributed by atoms with Crippen LogP contribution in [0, 0.1) is 13.8 Å². The number of pyridine rings is 2. The molecule has 172 valence electrons. The quantitative estimate of drug-likeness (QED) is 0.583. The van der Waals surface area contributed by atoms with Crippen LogP contribution in [0.2, 0.25) is 0 Å². The second-order valence-corrected chi connectivity index (χ2v) is 8.83. The minimum Gasteiger partial charge on any atom is -0.456 e. The lowest BCUT2D eigenvalue weighted by Crippen LogP contribution is -2.43. The minimum absolute atomic E-state index is 0.0141. The van der Waals surface area contributed by atoms with Gasteiger partial charge in [-0.3, -0.25) is 14.8 Å². The van der Waals surface area contributed by atoms with Crippen molar-refractivity contribution in [2.45, 2.75) is 46.1 Å². The molecule has 1 fully saturated rings. The molecule has 1 aliphatic rings. The molecule has 1 N–H and O–H groups in total. The Balaban J connectivity index is 1.51. The van der Waals surface area contributed by atoms with Gasteiger partial charge in [-0.2, -0.15) is 0 Å². The number of carbonyl (C=O) groups excluding carboxylic acids is 1. The molecule has 33 heavy (non-hydrogen) atoms. The van der Waals surface area contributed by atoms with Crippen molar-refractivity contribution in [2.75, 3.05) is 20.1 Å². The molecule has 1 amide bonds. The molecule has 0 aliphatic carbocycles. The number of carbonyl (C=O) groups is 1. The fraction of sp³-hybridized carbons (Fsp3) is 0.370. The average Bonchev–Trinajstić information content (AvgIpc) is 2.82. The number of hydrogen-bond donors (Lipinski definition) is 1. The van der Waals surface area contributed by atoms with Crippen LogP contribution in [0.4, 0.5) is 0 Å². The average molecular weight is 445 g/mol. The molecule has 1 aliphatic heterocycles. The van der Waals surface area contributed by atoms with Gasteiger partial charge in [0.2, 0.25) is 0 Å². The number of aryl methyl sites for hydroxylation is 3. The summed E-state index contributed by atoms with van der Waals surface area (Å²) in [5.41, 5.74) is 5.61. The number of rotatable bonds is 6. The maximum atomic E-state index is 13.0. The number of aromatic nitrogens is 2. The number of nitrogens with zero attached hydrogens (tertiary/aromatic N) is 3. The Labute approximate surface area is 196 Å². The lowest BCUT2D eigenvalue weighted by atomic mass is 9.98. The summed E-state index contributed by atoms with van der Waals surface area (Å²) in [6.07, 6.45) is 6.23. The van der Waals surface area contributed by atoms with Gasteiger partial charge in [-0.15, -0.1) is 0 Å². The van der Waals surface area contributed by atoms with E-state index in [1.807, 2.05) is 44.2 Å². The molecule has 0 bridgehead atoms. The van der Waals surface area contributed by atoms with Crippen molar-refractivity contribution in [3.05, 3.63) is 71.2 Å². The molecule has 0 unspecified atom stereocenters. The second kappa shape index (κ2) is 10.1. The standard InChI is InChI=1S/C27H32N4O2/c1-5-20-15-21(6-7-25(20)27(32)30-22-9-12-31(4)13-10-22)26-16-23(8-11-28-26)33-24-14-18(2)19(3)29-17-24/h6-8,11,14-17,22H,5,9-10,12-13H2,1-4H3,(H,30,32). The van der Waals surface area contributed by atoms with Crippen molar-refractivity contribution in [2.24, 2.45) is 0 Å². The fourth-order valence-electron chi connectivity index (χ4n) is 4.12. The first-order chi connectivity index (χ1) is 15.9. The molecule has 0 spiro atoms. The van der Waals surface area contributed by atoms with Gasteiger partial charge in [0.1, 0.15) is 11.5 Å². The lowest BCUT2D eigenvalue weighted by Gasteiger charge is -2.29. The predicted octanol–water partition coefficient (Wildman–Crippen LogP) is 4.94. The first-order valence-corrected chi connectivity index (χ1v) is 11.6. The van der Waals surface area contributed by atoms with E-state index in [1.54, 1.807) is 12.4 Å². The number of nitrogens with one attached hydrogen (secondary N) is 1. The molecule has 6 heteroatoms. The molecule has 2 aromatic heterocycles. The Bertz CT molecular complexity index is 1140. The van der Waals surface area contributed by atoms with Crippen LogP contribution in [0.5, 0.6) is 11.5 Å². The molecular formula is C27H32N4O2. The molecule has 6 nitrogen and oxygen atoms in total. The molecule has 4 rings (SSSR count). The lowest BCUT2D eigenvalue weighted by molar-refractivity contribution is 0.0916. The number of benzene rings is 1. The summed E-state index contributed by atoms with van der Waals surface area (Å²) in [6.45, 7) is 8.11. The summed E-state index contributed by atoms with van der Waals surface area (Å²) in [5.74, 6) is 1.41. The van der Waals surface area contributed by atoms with Gasteiger partial charge in [0.25, 0.3) is 5.91 Å². The van der Waals surface area contributed by atoms with Gasteiger partial charge >= 0.3 is 0 Å². The highest BCUT2D eigenvalue weighted by atomic mass is 16.5. The van der Waals surface area contributed by atoms with Gasteiger partial charge in [0.05, 0.1) is 11.9 Å². The molecule has 0 saturated carbocycles. The van der Waals surface area contributed by atoms with E-state index < -0.39 is 0 Å². The van der Waals surface area contributed by atoms with Crippen LogP contribution < -0.4 is 10.1 Å². The van der Waals surface area contributed by atoms with E-state index in [0.717, 1.165) is 66.0 Å². The Morgan fingerprint density at radius 2 is 1.88 bits per heavy atom. The highest BCUT2D eigenvalue weighted by Gasteiger charge is 2.20. The van der Waals surface area contributed by atoms with Gasteiger partial charge in [0.15, 0.2) is 0 Å². The Morgan fingerprint density at radius 3 is 2.61 bits per heavy atom. The summed E-state index contributed by atoms with van der Waals surface area (Å²) in [4.78, 5) is 24.2. The van der Waals surface area contributed by atoms with Crippen molar-refractivity contribution in [1.29, 1.82) is 0 Å². The smallest absolute Gasteiger partial charge is 0.251 e. The summed E-state index contributed by atoms with van der Waals surface area (Å²) < 4.78 is 6.02.